The second-order valence-corrected chi connectivity index (χ2v) is 5.76. The fourth-order valence-corrected chi connectivity index (χ4v) is 2.82. The molecule has 0 radical (unpaired) electrons. The molecule has 1 aliphatic heterocycles. The summed E-state index contributed by atoms with van der Waals surface area (Å²) in [6, 6.07) is 7.39. The molecule has 1 saturated heterocycles. The van der Waals surface area contributed by atoms with E-state index in [4.69, 9.17) is 16.7 Å². The molecule has 1 aliphatic rings. The third-order valence-electron chi connectivity index (χ3n) is 3.88. The zero-order valence-corrected chi connectivity index (χ0v) is 11.9. The van der Waals surface area contributed by atoms with Crippen LogP contribution >= 0.6 is 11.6 Å². The van der Waals surface area contributed by atoms with Crippen LogP contribution in [-0.2, 0) is 0 Å². The molecule has 106 valence electrons. The van der Waals surface area contributed by atoms with E-state index in [0.717, 1.165) is 44.5 Å². The molecule has 2 unspecified atom stereocenters. The van der Waals surface area contributed by atoms with Crippen molar-refractivity contribution in [1.29, 1.82) is 0 Å². The summed E-state index contributed by atoms with van der Waals surface area (Å²) in [6.07, 6.45) is 2.38. The first kappa shape index (κ1) is 14.8. The van der Waals surface area contributed by atoms with Crippen LogP contribution in [0.25, 0.3) is 0 Å². The molecule has 0 amide bonds. The van der Waals surface area contributed by atoms with E-state index in [-0.39, 0.29) is 6.61 Å². The predicted octanol–water partition coefficient (Wildman–Crippen LogP) is 2.47. The van der Waals surface area contributed by atoms with Gasteiger partial charge in [-0.05, 0) is 49.4 Å². The molecule has 19 heavy (non-hydrogen) atoms. The van der Waals surface area contributed by atoms with Gasteiger partial charge in [-0.3, -0.25) is 0 Å². The van der Waals surface area contributed by atoms with E-state index in [1.807, 2.05) is 24.3 Å². The van der Waals surface area contributed by atoms with Crippen LogP contribution in [0.2, 0.25) is 5.02 Å². The van der Waals surface area contributed by atoms with Crippen molar-refractivity contribution < 1.29 is 10.2 Å². The molecule has 0 aliphatic carbocycles. The lowest BCUT2D eigenvalue weighted by Crippen LogP contribution is -2.23. The molecular formula is C15H22ClNO2. The van der Waals surface area contributed by atoms with Crippen LogP contribution in [0.15, 0.2) is 24.3 Å². The standard InChI is InChI=1S/C15H22ClNO2/c16-14-3-1-13(2-4-14)15(19)6-9-17-8-5-12(11-17)7-10-18/h1-4,12,15,18-19H,5-11H2. The Hall–Kier alpha value is -0.610. The van der Waals surface area contributed by atoms with Gasteiger partial charge >= 0.3 is 0 Å². The molecule has 0 saturated carbocycles. The van der Waals surface area contributed by atoms with Crippen LogP contribution in [0.4, 0.5) is 0 Å². The Morgan fingerprint density at radius 3 is 2.74 bits per heavy atom. The first-order chi connectivity index (χ1) is 9.19. The average molecular weight is 284 g/mol. The normalized spacial score (nSPS) is 21.7. The third kappa shape index (κ3) is 4.46. The van der Waals surface area contributed by atoms with E-state index in [1.54, 1.807) is 0 Å². The van der Waals surface area contributed by atoms with Gasteiger partial charge in [-0.25, -0.2) is 0 Å². The Labute approximate surface area is 119 Å². The van der Waals surface area contributed by atoms with E-state index in [1.165, 1.54) is 0 Å². The lowest BCUT2D eigenvalue weighted by molar-refractivity contribution is 0.147. The fraction of sp³-hybridized carbons (Fsp3) is 0.600. The summed E-state index contributed by atoms with van der Waals surface area (Å²) in [4.78, 5) is 2.37. The van der Waals surface area contributed by atoms with Crippen LogP contribution in [-0.4, -0.2) is 41.4 Å². The van der Waals surface area contributed by atoms with Gasteiger partial charge < -0.3 is 15.1 Å². The largest absolute Gasteiger partial charge is 0.396 e. The molecule has 0 spiro atoms. The smallest absolute Gasteiger partial charge is 0.0802 e. The maximum absolute atomic E-state index is 10.1. The number of hydrogen-bond donors (Lipinski definition) is 2. The van der Waals surface area contributed by atoms with Crippen LogP contribution in [0.1, 0.15) is 30.9 Å². The molecule has 1 aromatic carbocycles. The quantitative estimate of drug-likeness (QED) is 0.843. The van der Waals surface area contributed by atoms with E-state index in [2.05, 4.69) is 4.90 Å². The van der Waals surface area contributed by atoms with Gasteiger partial charge in [-0.15, -0.1) is 0 Å². The Morgan fingerprint density at radius 1 is 1.32 bits per heavy atom. The Balaban J connectivity index is 1.75. The maximum Gasteiger partial charge on any atom is 0.0802 e. The Kier molecular flexibility index (Phi) is 5.64. The molecule has 1 fully saturated rings. The number of aliphatic hydroxyl groups is 2. The molecular weight excluding hydrogens is 262 g/mol. The van der Waals surface area contributed by atoms with Crippen molar-refractivity contribution in [3.05, 3.63) is 34.9 Å². The first-order valence-corrected chi connectivity index (χ1v) is 7.33. The van der Waals surface area contributed by atoms with Crippen LogP contribution in [0.3, 0.4) is 0 Å². The van der Waals surface area contributed by atoms with Gasteiger partial charge in [0.15, 0.2) is 0 Å². The number of benzene rings is 1. The fourth-order valence-electron chi connectivity index (χ4n) is 2.69. The van der Waals surface area contributed by atoms with Gasteiger partial charge in [0.05, 0.1) is 6.10 Å². The second kappa shape index (κ2) is 7.25. The number of halogens is 1. The van der Waals surface area contributed by atoms with E-state index >= 15 is 0 Å². The second-order valence-electron chi connectivity index (χ2n) is 5.32. The van der Waals surface area contributed by atoms with Crippen LogP contribution in [0.5, 0.6) is 0 Å². The van der Waals surface area contributed by atoms with Gasteiger partial charge in [0.1, 0.15) is 0 Å². The minimum absolute atomic E-state index is 0.284. The molecule has 2 rings (SSSR count). The van der Waals surface area contributed by atoms with E-state index in [9.17, 15) is 5.11 Å². The highest BCUT2D eigenvalue weighted by molar-refractivity contribution is 6.30. The van der Waals surface area contributed by atoms with Crippen molar-refractivity contribution in [1.82, 2.24) is 4.90 Å². The zero-order valence-electron chi connectivity index (χ0n) is 11.1. The maximum atomic E-state index is 10.1. The first-order valence-electron chi connectivity index (χ1n) is 6.96. The van der Waals surface area contributed by atoms with Crippen molar-refractivity contribution in [3.8, 4) is 0 Å². The summed E-state index contributed by atoms with van der Waals surface area (Å²) in [5.41, 5.74) is 0.926. The number of hydrogen-bond acceptors (Lipinski definition) is 3. The van der Waals surface area contributed by atoms with E-state index in [0.29, 0.717) is 10.9 Å². The topological polar surface area (TPSA) is 43.7 Å². The Morgan fingerprint density at radius 2 is 2.05 bits per heavy atom. The summed E-state index contributed by atoms with van der Waals surface area (Å²) in [6.45, 7) is 3.32. The van der Waals surface area contributed by atoms with Gasteiger partial charge in [0, 0.05) is 24.7 Å². The summed E-state index contributed by atoms with van der Waals surface area (Å²) in [5, 5.41) is 19.8. The third-order valence-corrected chi connectivity index (χ3v) is 4.13. The molecule has 0 aromatic heterocycles. The SMILES string of the molecule is OCCC1CCN(CCC(O)c2ccc(Cl)cc2)C1. The minimum Gasteiger partial charge on any atom is -0.396 e. The lowest BCUT2D eigenvalue weighted by atomic mass is 10.1. The Bertz CT molecular complexity index is 382. The van der Waals surface area contributed by atoms with Crippen LogP contribution in [0, 0.1) is 5.92 Å². The van der Waals surface area contributed by atoms with Crippen molar-refractivity contribution in [3.63, 3.8) is 0 Å². The van der Waals surface area contributed by atoms with Gasteiger partial charge in [0.2, 0.25) is 0 Å². The minimum atomic E-state index is -0.422. The van der Waals surface area contributed by atoms with Crippen molar-refractivity contribution >= 4 is 11.6 Å². The highest BCUT2D eigenvalue weighted by Gasteiger charge is 2.22. The van der Waals surface area contributed by atoms with Gasteiger partial charge in [0.25, 0.3) is 0 Å². The summed E-state index contributed by atoms with van der Waals surface area (Å²) in [5.74, 6) is 0.623. The van der Waals surface area contributed by atoms with Crippen molar-refractivity contribution in [2.75, 3.05) is 26.2 Å². The molecule has 4 heteroatoms. The molecule has 0 bridgehead atoms. The monoisotopic (exact) mass is 283 g/mol. The predicted molar refractivity (Wildman–Crippen MR) is 77.3 cm³/mol. The molecule has 1 heterocycles. The van der Waals surface area contributed by atoms with Crippen molar-refractivity contribution in [2.24, 2.45) is 5.92 Å². The number of aliphatic hydroxyl groups excluding tert-OH is 2. The summed E-state index contributed by atoms with van der Waals surface area (Å²) in [7, 11) is 0. The number of likely N-dealkylation sites (tertiary alicyclic amines) is 1. The molecule has 2 atom stereocenters. The lowest BCUT2D eigenvalue weighted by Gasteiger charge is -2.18. The highest BCUT2D eigenvalue weighted by atomic mass is 35.5. The van der Waals surface area contributed by atoms with Gasteiger partial charge in [-0.1, -0.05) is 23.7 Å². The molecule has 3 nitrogen and oxygen atoms in total. The highest BCUT2D eigenvalue weighted by Crippen LogP contribution is 2.23. The number of rotatable bonds is 6. The van der Waals surface area contributed by atoms with Crippen LogP contribution < -0.4 is 0 Å². The van der Waals surface area contributed by atoms with Crippen molar-refractivity contribution in [2.45, 2.75) is 25.4 Å². The number of nitrogens with zero attached hydrogens (tertiary/aromatic N) is 1. The average Bonchev–Trinajstić information content (AvgIpc) is 2.85. The summed E-state index contributed by atoms with van der Waals surface area (Å²) < 4.78 is 0. The molecule has 1 aromatic rings. The van der Waals surface area contributed by atoms with E-state index < -0.39 is 6.10 Å². The summed E-state index contributed by atoms with van der Waals surface area (Å²) >= 11 is 5.83. The molecule has 2 N–H and O–H groups in total. The van der Waals surface area contributed by atoms with Gasteiger partial charge in [-0.2, -0.15) is 0 Å². The zero-order chi connectivity index (χ0) is 13.7.